The minimum atomic E-state index is -0.311. The van der Waals surface area contributed by atoms with Gasteiger partial charge in [-0.15, -0.1) is 5.10 Å². The molecule has 0 unspecified atom stereocenters. The summed E-state index contributed by atoms with van der Waals surface area (Å²) in [5.41, 5.74) is 2.05. The van der Waals surface area contributed by atoms with Crippen LogP contribution < -0.4 is 5.32 Å². The van der Waals surface area contributed by atoms with Crippen LogP contribution >= 0.6 is 11.8 Å². The Hall–Kier alpha value is -1.93. The van der Waals surface area contributed by atoms with Gasteiger partial charge in [-0.3, -0.25) is 4.79 Å². The number of amides is 1. The average molecular weight is 375 g/mol. The monoisotopic (exact) mass is 375 g/mol. The highest BCUT2D eigenvalue weighted by Crippen LogP contribution is 2.24. The van der Waals surface area contributed by atoms with E-state index < -0.39 is 0 Å². The van der Waals surface area contributed by atoms with E-state index in [1.165, 1.54) is 17.3 Å². The van der Waals surface area contributed by atoms with Gasteiger partial charge in [-0.05, 0) is 53.8 Å². The Balaban J connectivity index is 1.56. The Labute approximate surface area is 157 Å². The van der Waals surface area contributed by atoms with Crippen LogP contribution in [0.3, 0.4) is 0 Å². The van der Waals surface area contributed by atoms with Crippen LogP contribution in [-0.2, 0) is 16.1 Å². The highest BCUT2D eigenvalue weighted by atomic mass is 32.2. The molecule has 0 aliphatic carbocycles. The molecule has 1 aromatic heterocycles. The van der Waals surface area contributed by atoms with Crippen LogP contribution in [0.1, 0.15) is 45.1 Å². The second-order valence-electron chi connectivity index (χ2n) is 6.80. The highest BCUT2D eigenvalue weighted by Gasteiger charge is 2.22. The fraction of sp³-hybridized carbons (Fsp3) is 0.556. The molecule has 1 aliphatic heterocycles. The molecule has 3 rings (SSSR count). The molecule has 1 amide bonds. The lowest BCUT2D eigenvalue weighted by molar-refractivity contribution is -0.115. The third kappa shape index (κ3) is 4.82. The first-order valence-electron chi connectivity index (χ1n) is 8.98. The number of tetrazole rings is 1. The topological polar surface area (TPSA) is 81.9 Å². The summed E-state index contributed by atoms with van der Waals surface area (Å²) in [6, 6.07) is 7.96. The Kier molecular flexibility index (Phi) is 6.26. The number of hydrogen-bond acceptors (Lipinski definition) is 6. The van der Waals surface area contributed by atoms with Crippen molar-refractivity contribution < 1.29 is 9.53 Å². The van der Waals surface area contributed by atoms with Gasteiger partial charge >= 0.3 is 0 Å². The van der Waals surface area contributed by atoms with Gasteiger partial charge in [0.25, 0.3) is 0 Å². The van der Waals surface area contributed by atoms with Crippen molar-refractivity contribution in [3.05, 3.63) is 29.8 Å². The molecule has 2 atom stereocenters. The Morgan fingerprint density at radius 3 is 2.77 bits per heavy atom. The van der Waals surface area contributed by atoms with E-state index >= 15 is 0 Å². The molecule has 0 bridgehead atoms. The van der Waals surface area contributed by atoms with Crippen LogP contribution in [0.5, 0.6) is 0 Å². The molecule has 1 fully saturated rings. The summed E-state index contributed by atoms with van der Waals surface area (Å²) in [7, 11) is 0. The fourth-order valence-corrected chi connectivity index (χ4v) is 3.58. The van der Waals surface area contributed by atoms with Crippen molar-refractivity contribution in [3.8, 4) is 0 Å². The molecule has 0 saturated carbocycles. The second kappa shape index (κ2) is 8.64. The number of hydrogen-bond donors (Lipinski definition) is 1. The Morgan fingerprint density at radius 1 is 1.35 bits per heavy atom. The van der Waals surface area contributed by atoms with E-state index in [1.54, 1.807) is 4.68 Å². The zero-order valence-corrected chi connectivity index (χ0v) is 16.2. The molecule has 1 aromatic carbocycles. The van der Waals surface area contributed by atoms with Gasteiger partial charge in [-0.25, -0.2) is 4.68 Å². The Bertz CT molecular complexity index is 725. The molecule has 26 heavy (non-hydrogen) atoms. The van der Waals surface area contributed by atoms with Gasteiger partial charge in [-0.2, -0.15) is 0 Å². The quantitative estimate of drug-likeness (QED) is 0.749. The number of ether oxygens (including phenoxy) is 1. The number of thioether (sulfide) groups is 1. The van der Waals surface area contributed by atoms with E-state index in [-0.39, 0.29) is 17.3 Å². The van der Waals surface area contributed by atoms with E-state index in [0.717, 1.165) is 25.1 Å². The minimum Gasteiger partial charge on any atom is -0.376 e. The standard InChI is InChI=1S/C18H25N5O2S/c1-12(2)14-6-8-15(9-7-14)19-17(24)13(3)26-18-20-21-22-23(18)11-16-5-4-10-25-16/h6-9,12-13,16H,4-5,10-11H2,1-3H3,(H,19,24)/t13-,16-/m0/s1. The zero-order chi connectivity index (χ0) is 18.5. The van der Waals surface area contributed by atoms with Crippen molar-refractivity contribution in [3.63, 3.8) is 0 Å². The van der Waals surface area contributed by atoms with Crippen LogP contribution in [0, 0.1) is 0 Å². The van der Waals surface area contributed by atoms with Crippen molar-refractivity contribution in [1.29, 1.82) is 0 Å². The van der Waals surface area contributed by atoms with Crippen molar-refractivity contribution in [2.24, 2.45) is 0 Å². The maximum atomic E-state index is 12.5. The zero-order valence-electron chi connectivity index (χ0n) is 15.4. The van der Waals surface area contributed by atoms with Crippen molar-refractivity contribution in [2.75, 3.05) is 11.9 Å². The molecule has 0 spiro atoms. The van der Waals surface area contributed by atoms with Crippen molar-refractivity contribution in [1.82, 2.24) is 20.2 Å². The van der Waals surface area contributed by atoms with Crippen molar-refractivity contribution >= 4 is 23.4 Å². The van der Waals surface area contributed by atoms with Gasteiger partial charge in [0.05, 0.1) is 17.9 Å². The van der Waals surface area contributed by atoms with Crippen LogP contribution in [0.15, 0.2) is 29.4 Å². The number of nitrogens with one attached hydrogen (secondary N) is 1. The molecular formula is C18H25N5O2S. The number of carbonyl (C=O) groups excluding carboxylic acids is 1. The molecule has 2 aromatic rings. The van der Waals surface area contributed by atoms with E-state index in [9.17, 15) is 4.79 Å². The lowest BCUT2D eigenvalue weighted by Crippen LogP contribution is -2.23. The lowest BCUT2D eigenvalue weighted by atomic mass is 10.0. The van der Waals surface area contributed by atoms with Gasteiger partial charge in [0.15, 0.2) is 0 Å². The number of rotatable bonds is 7. The third-order valence-electron chi connectivity index (χ3n) is 4.40. The predicted octanol–water partition coefficient (Wildman–Crippen LogP) is 3.09. The molecule has 140 valence electrons. The first-order valence-corrected chi connectivity index (χ1v) is 9.86. The summed E-state index contributed by atoms with van der Waals surface area (Å²) in [5.74, 6) is 0.399. The number of aromatic nitrogens is 4. The SMILES string of the molecule is CC(C)c1ccc(NC(=O)[C@H](C)Sc2nnnn2C[C@@H]2CCCO2)cc1. The maximum Gasteiger partial charge on any atom is 0.237 e. The molecule has 7 nitrogen and oxygen atoms in total. The molecule has 0 radical (unpaired) electrons. The number of benzene rings is 1. The van der Waals surface area contributed by atoms with Crippen LogP contribution in [0.25, 0.3) is 0 Å². The van der Waals surface area contributed by atoms with Crippen molar-refractivity contribution in [2.45, 2.75) is 62.6 Å². The molecular weight excluding hydrogens is 350 g/mol. The van der Waals surface area contributed by atoms with Gasteiger partial charge < -0.3 is 10.1 Å². The summed E-state index contributed by atoms with van der Waals surface area (Å²) < 4.78 is 7.36. The Morgan fingerprint density at radius 2 is 2.12 bits per heavy atom. The van der Waals surface area contributed by atoms with Gasteiger partial charge in [-0.1, -0.05) is 37.7 Å². The summed E-state index contributed by atoms with van der Waals surface area (Å²) in [5, 5.41) is 15.1. The second-order valence-corrected chi connectivity index (χ2v) is 8.11. The molecule has 1 saturated heterocycles. The fourth-order valence-electron chi connectivity index (χ4n) is 2.78. The molecule has 1 N–H and O–H groups in total. The van der Waals surface area contributed by atoms with Crippen LogP contribution in [-0.4, -0.2) is 44.1 Å². The van der Waals surface area contributed by atoms with Crippen LogP contribution in [0.2, 0.25) is 0 Å². The van der Waals surface area contributed by atoms with E-state index in [4.69, 9.17) is 4.74 Å². The number of nitrogens with zero attached hydrogens (tertiary/aromatic N) is 4. The summed E-state index contributed by atoms with van der Waals surface area (Å²) in [4.78, 5) is 12.5. The maximum absolute atomic E-state index is 12.5. The summed E-state index contributed by atoms with van der Waals surface area (Å²) in [6.45, 7) is 7.57. The van der Waals surface area contributed by atoms with Gasteiger partial charge in [0, 0.05) is 12.3 Å². The smallest absolute Gasteiger partial charge is 0.237 e. The third-order valence-corrected chi connectivity index (χ3v) is 5.47. The average Bonchev–Trinajstić information content (AvgIpc) is 3.28. The molecule has 8 heteroatoms. The van der Waals surface area contributed by atoms with E-state index in [1.807, 2.05) is 31.2 Å². The number of anilines is 1. The van der Waals surface area contributed by atoms with E-state index in [2.05, 4.69) is 34.7 Å². The largest absolute Gasteiger partial charge is 0.376 e. The molecule has 2 heterocycles. The predicted molar refractivity (Wildman–Crippen MR) is 101 cm³/mol. The molecule has 1 aliphatic rings. The van der Waals surface area contributed by atoms with Gasteiger partial charge in [0.2, 0.25) is 11.1 Å². The summed E-state index contributed by atoms with van der Waals surface area (Å²) >= 11 is 1.35. The normalized spacial score (nSPS) is 18.2. The first kappa shape index (κ1) is 18.8. The van der Waals surface area contributed by atoms with Crippen LogP contribution in [0.4, 0.5) is 5.69 Å². The summed E-state index contributed by atoms with van der Waals surface area (Å²) in [6.07, 6.45) is 2.25. The highest BCUT2D eigenvalue weighted by molar-refractivity contribution is 8.00. The lowest BCUT2D eigenvalue weighted by Gasteiger charge is -2.14. The number of carbonyl (C=O) groups is 1. The first-order chi connectivity index (χ1) is 12.5. The minimum absolute atomic E-state index is 0.0704. The van der Waals surface area contributed by atoms with E-state index in [0.29, 0.717) is 17.6 Å². The van der Waals surface area contributed by atoms with Gasteiger partial charge in [0.1, 0.15) is 0 Å².